The third kappa shape index (κ3) is 6.77. The molecule has 4 bridgehead atoms. The summed E-state index contributed by atoms with van der Waals surface area (Å²) < 4.78 is 88.1. The van der Waals surface area contributed by atoms with Gasteiger partial charge in [0.1, 0.15) is 6.10 Å². The highest BCUT2D eigenvalue weighted by Crippen LogP contribution is 2.64. The predicted octanol–water partition coefficient (Wildman–Crippen LogP) is 7.58. The van der Waals surface area contributed by atoms with Crippen molar-refractivity contribution in [3.05, 3.63) is 65.2 Å². The second kappa shape index (κ2) is 12.3. The minimum atomic E-state index is -4.42. The average Bonchev–Trinajstić information content (AvgIpc) is 2.96. The number of hydrogen-bond acceptors (Lipinski definition) is 8. The summed E-state index contributed by atoms with van der Waals surface area (Å²) in [4.78, 5) is 20.4. The van der Waals surface area contributed by atoms with Crippen LogP contribution in [-0.4, -0.2) is 50.5 Å². The summed E-state index contributed by atoms with van der Waals surface area (Å²) >= 11 is 0. The Morgan fingerprint density at radius 3 is 2.40 bits per heavy atom. The normalized spacial score (nSPS) is 27.0. The number of methoxy groups -OCH3 is 1. The van der Waals surface area contributed by atoms with Crippen molar-refractivity contribution < 1.29 is 40.6 Å². The third-order valence-electron chi connectivity index (χ3n) is 10.0. The van der Waals surface area contributed by atoms with Gasteiger partial charge in [0.2, 0.25) is 11.8 Å². The maximum absolute atomic E-state index is 14.0. The fourth-order valence-corrected chi connectivity index (χ4v) is 8.80. The predicted molar refractivity (Wildman–Crippen MR) is 167 cm³/mol. The topological polar surface area (TPSA) is 117 Å². The lowest BCUT2D eigenvalue weighted by Gasteiger charge is -2.59. The minimum absolute atomic E-state index is 0.0315. The van der Waals surface area contributed by atoms with E-state index in [1.165, 1.54) is 20.1 Å². The molecule has 1 aromatic heterocycles. The Morgan fingerprint density at radius 2 is 1.74 bits per heavy atom. The van der Waals surface area contributed by atoms with E-state index in [0.717, 1.165) is 16.7 Å². The summed E-state index contributed by atoms with van der Waals surface area (Å²) in [7, 11) is -2.93. The Labute approximate surface area is 272 Å². The molecule has 3 aliphatic rings. The largest absolute Gasteiger partial charge is 0.508 e. The molecule has 0 saturated heterocycles. The first-order valence-corrected chi connectivity index (χ1v) is 17.2. The number of ether oxygens (including phenoxy) is 3. The zero-order chi connectivity index (χ0) is 33.7. The Bertz CT molecular complexity index is 1750. The summed E-state index contributed by atoms with van der Waals surface area (Å²) in [6.07, 6.45) is -2.93. The molecule has 2 aromatic carbocycles. The molecule has 2 unspecified atom stereocenters. The number of benzene rings is 2. The average molecular weight is 674 g/mol. The van der Waals surface area contributed by atoms with Crippen LogP contribution in [0, 0.1) is 37.0 Å². The van der Waals surface area contributed by atoms with E-state index in [1.807, 2.05) is 32.0 Å². The summed E-state index contributed by atoms with van der Waals surface area (Å²) in [5, 5.41) is 0. The molecule has 1 N–H and O–H groups in total. The zero-order valence-electron chi connectivity index (χ0n) is 26.6. The summed E-state index contributed by atoms with van der Waals surface area (Å²) in [5.74, 6) is -2.85. The maximum atomic E-state index is 14.0. The smallest absolute Gasteiger partial charge is 0.477 e. The number of hydrogen-bond donors (Lipinski definition) is 1. The number of anilines is 1. The SMILES string of the molecule is COC(=O)OC1CC2(C1)CC(C1c3cccc(c3)S(=O)(=O)Nc3nc(cc(-c4c(C)cccc4C)n3)OC[C@H]1CC(C)C(F)(F)F)C2. The standard InChI is InChI=1S/C34H38F3N3O6S/c1-19-7-5-8-20(2)29(19)27-13-28-39-31(38-27)40-47(42,43)26-10-6-9-22(12-26)30(23(18-45-28)11-21(3)34(35,36)37)24-14-33(15-24)16-25(17-33)46-32(41)44-4/h5-10,12-13,21,23-25,30H,11,14-18H2,1-4H3,(H,38,39,40)/t21?,23-,24?,25?,30?,33?/m1/s1. The molecule has 13 heteroatoms. The van der Waals surface area contributed by atoms with Crippen molar-refractivity contribution in [3.8, 4) is 17.1 Å². The van der Waals surface area contributed by atoms with Gasteiger partial charge in [0.25, 0.3) is 10.0 Å². The Kier molecular flexibility index (Phi) is 8.65. The van der Waals surface area contributed by atoms with E-state index in [4.69, 9.17) is 9.47 Å². The van der Waals surface area contributed by atoms with Crippen LogP contribution in [0.1, 0.15) is 61.6 Å². The van der Waals surface area contributed by atoms with Crippen LogP contribution in [0.3, 0.4) is 0 Å². The maximum Gasteiger partial charge on any atom is 0.508 e. The lowest BCUT2D eigenvalue weighted by Crippen LogP contribution is -2.53. The van der Waals surface area contributed by atoms with Crippen molar-refractivity contribution in [2.75, 3.05) is 18.4 Å². The van der Waals surface area contributed by atoms with Gasteiger partial charge >= 0.3 is 12.3 Å². The number of nitrogens with one attached hydrogen (secondary N) is 1. The van der Waals surface area contributed by atoms with Crippen LogP contribution in [0.2, 0.25) is 0 Å². The minimum Gasteiger partial charge on any atom is -0.477 e. The molecule has 0 amide bonds. The number of alkyl halides is 3. The Balaban J connectivity index is 1.39. The van der Waals surface area contributed by atoms with Gasteiger partial charge in [0.05, 0.1) is 30.2 Å². The van der Waals surface area contributed by atoms with Gasteiger partial charge < -0.3 is 14.2 Å². The highest BCUT2D eigenvalue weighted by molar-refractivity contribution is 7.92. The lowest BCUT2D eigenvalue weighted by molar-refractivity contribution is -0.177. The fourth-order valence-electron chi connectivity index (χ4n) is 7.80. The zero-order valence-corrected chi connectivity index (χ0v) is 27.5. The Hall–Kier alpha value is -3.87. The molecule has 47 heavy (non-hydrogen) atoms. The van der Waals surface area contributed by atoms with Gasteiger partial charge in [-0.2, -0.15) is 18.2 Å². The lowest BCUT2D eigenvalue weighted by atomic mass is 9.47. The number of aromatic nitrogens is 2. The number of carbonyl (C=O) groups is 1. The van der Waals surface area contributed by atoms with Gasteiger partial charge in [-0.15, -0.1) is 0 Å². The number of sulfonamides is 1. The second-order valence-corrected chi connectivity index (χ2v) is 15.1. The number of carbonyl (C=O) groups excluding carboxylic acids is 1. The third-order valence-corrected chi connectivity index (χ3v) is 11.4. The molecule has 3 aromatic rings. The number of rotatable bonds is 5. The molecule has 6 rings (SSSR count). The molecule has 1 spiro atoms. The molecule has 3 atom stereocenters. The molecule has 2 aliphatic carbocycles. The van der Waals surface area contributed by atoms with Crippen molar-refractivity contribution in [1.82, 2.24) is 9.97 Å². The van der Waals surface area contributed by atoms with Crippen molar-refractivity contribution in [3.63, 3.8) is 0 Å². The second-order valence-electron chi connectivity index (χ2n) is 13.4. The van der Waals surface area contributed by atoms with Gasteiger partial charge in [-0.05, 0) is 92.0 Å². The van der Waals surface area contributed by atoms with Gasteiger partial charge in [-0.3, -0.25) is 0 Å². The quantitative estimate of drug-likeness (QED) is 0.276. The molecule has 252 valence electrons. The van der Waals surface area contributed by atoms with Gasteiger partial charge in [-0.1, -0.05) is 37.3 Å². The molecule has 2 fully saturated rings. The van der Waals surface area contributed by atoms with E-state index in [9.17, 15) is 26.4 Å². The van der Waals surface area contributed by atoms with Crippen LogP contribution in [0.5, 0.6) is 5.88 Å². The number of nitrogens with zero attached hydrogens (tertiary/aromatic N) is 2. The van der Waals surface area contributed by atoms with Crippen LogP contribution >= 0.6 is 0 Å². The van der Waals surface area contributed by atoms with Gasteiger partial charge in [0.15, 0.2) is 0 Å². The Morgan fingerprint density at radius 1 is 1.06 bits per heavy atom. The van der Waals surface area contributed by atoms with Crippen molar-refractivity contribution in [2.24, 2.45) is 23.2 Å². The first-order valence-electron chi connectivity index (χ1n) is 15.7. The van der Waals surface area contributed by atoms with E-state index < -0.39 is 40.1 Å². The molecule has 0 radical (unpaired) electrons. The fraction of sp³-hybridized carbons (Fsp3) is 0.500. The monoisotopic (exact) mass is 673 g/mol. The molecular formula is C34H38F3N3O6S. The van der Waals surface area contributed by atoms with E-state index in [1.54, 1.807) is 24.3 Å². The summed E-state index contributed by atoms with van der Waals surface area (Å²) in [5.41, 5.74) is 3.58. The highest BCUT2D eigenvalue weighted by Gasteiger charge is 2.57. The van der Waals surface area contributed by atoms with Gasteiger partial charge in [-0.25, -0.2) is 22.9 Å². The van der Waals surface area contributed by atoms with Crippen LogP contribution in [0.4, 0.5) is 23.9 Å². The van der Waals surface area contributed by atoms with Crippen molar-refractivity contribution in [1.29, 1.82) is 0 Å². The first-order chi connectivity index (χ1) is 22.2. The number of fused-ring (bicyclic) bond motifs is 4. The molecule has 2 saturated carbocycles. The van der Waals surface area contributed by atoms with Crippen LogP contribution in [-0.2, 0) is 19.5 Å². The first kappa shape index (κ1) is 33.0. The van der Waals surface area contributed by atoms with E-state index in [2.05, 4.69) is 19.4 Å². The molecular weight excluding hydrogens is 635 g/mol. The highest BCUT2D eigenvalue weighted by atomic mass is 32.2. The van der Waals surface area contributed by atoms with Crippen LogP contribution in [0.25, 0.3) is 11.3 Å². The van der Waals surface area contributed by atoms with Gasteiger partial charge in [0, 0.05) is 17.5 Å². The number of halogens is 3. The van der Waals surface area contributed by atoms with E-state index in [-0.39, 0.29) is 47.2 Å². The van der Waals surface area contributed by atoms with Crippen molar-refractivity contribution in [2.45, 2.75) is 76.0 Å². The van der Waals surface area contributed by atoms with Crippen LogP contribution in [0.15, 0.2) is 53.4 Å². The van der Waals surface area contributed by atoms with Crippen LogP contribution < -0.4 is 9.46 Å². The molecule has 2 heterocycles. The number of aryl methyl sites for hydroxylation is 2. The molecule has 9 nitrogen and oxygen atoms in total. The van der Waals surface area contributed by atoms with E-state index >= 15 is 0 Å². The van der Waals surface area contributed by atoms with E-state index in [0.29, 0.717) is 36.9 Å². The van der Waals surface area contributed by atoms with Crippen molar-refractivity contribution >= 4 is 22.1 Å². The summed E-state index contributed by atoms with van der Waals surface area (Å²) in [6.45, 7) is 4.93. The molecule has 1 aliphatic heterocycles. The summed E-state index contributed by atoms with van der Waals surface area (Å²) in [6, 6.07) is 13.7.